The van der Waals surface area contributed by atoms with Gasteiger partial charge in [-0.2, -0.15) is 0 Å². The second kappa shape index (κ2) is 18.2. The van der Waals surface area contributed by atoms with Crippen molar-refractivity contribution in [1.82, 2.24) is 25.6 Å². The van der Waals surface area contributed by atoms with Crippen LogP contribution in [0.3, 0.4) is 0 Å². The van der Waals surface area contributed by atoms with Crippen molar-refractivity contribution in [3.8, 4) is 10.6 Å². The number of benzene rings is 2. The van der Waals surface area contributed by atoms with Crippen molar-refractivity contribution in [2.75, 3.05) is 25.6 Å². The molecule has 0 spiro atoms. The van der Waals surface area contributed by atoms with Crippen LogP contribution in [-0.2, 0) is 33.0 Å². The SMILES string of the molecule is COC(=O)[C@H](CO[Si](c1ccccc1)(c1ccccc1)C(C)(C)C)NC(=O)[C@H](COC(C)=O)NC(=O)c1csc(-c2cnc(NC(=O)OC(C)(C)C)nc2)n1. The lowest BCUT2D eigenvalue weighted by molar-refractivity contribution is -0.148. The second-order valence-electron chi connectivity index (χ2n) is 14.3. The molecule has 55 heavy (non-hydrogen) atoms. The van der Waals surface area contributed by atoms with Crippen molar-refractivity contribution >= 4 is 65.8 Å². The Hall–Kier alpha value is -5.52. The van der Waals surface area contributed by atoms with E-state index in [9.17, 15) is 24.0 Å². The van der Waals surface area contributed by atoms with Crippen LogP contribution in [0, 0.1) is 0 Å². The number of methoxy groups -OCH3 is 1. The second-order valence-corrected chi connectivity index (χ2v) is 19.5. The zero-order chi connectivity index (χ0) is 40.4. The van der Waals surface area contributed by atoms with E-state index in [2.05, 4.69) is 51.7 Å². The first-order valence-corrected chi connectivity index (χ1v) is 20.1. The van der Waals surface area contributed by atoms with E-state index in [4.69, 9.17) is 18.6 Å². The van der Waals surface area contributed by atoms with E-state index in [0.717, 1.165) is 28.6 Å². The van der Waals surface area contributed by atoms with Crippen LogP contribution in [-0.4, -0.2) is 91.1 Å². The molecule has 2 aromatic heterocycles. The van der Waals surface area contributed by atoms with Gasteiger partial charge in [0.1, 0.15) is 35.0 Å². The maximum atomic E-state index is 13.8. The quantitative estimate of drug-likeness (QED) is 0.0950. The minimum atomic E-state index is -3.13. The van der Waals surface area contributed by atoms with Gasteiger partial charge < -0.3 is 29.3 Å². The summed E-state index contributed by atoms with van der Waals surface area (Å²) in [5.74, 6) is -3.03. The Kier molecular flexibility index (Phi) is 14.0. The molecule has 0 aliphatic carbocycles. The molecule has 3 amide bonds. The van der Waals surface area contributed by atoms with Crippen LogP contribution in [0.5, 0.6) is 0 Å². The molecule has 0 saturated heterocycles. The molecule has 0 aliphatic rings. The predicted octanol–water partition coefficient (Wildman–Crippen LogP) is 3.84. The molecule has 0 unspecified atom stereocenters. The molecular formula is C38H46N6O9SSi. The minimum absolute atomic E-state index is 0.00841. The first kappa shape index (κ1) is 42.2. The number of carbonyl (C=O) groups excluding carboxylic acids is 5. The summed E-state index contributed by atoms with van der Waals surface area (Å²) < 4.78 is 22.3. The number of hydrogen-bond donors (Lipinski definition) is 3. The molecule has 2 heterocycles. The third-order valence-corrected chi connectivity index (χ3v) is 13.9. The van der Waals surface area contributed by atoms with Gasteiger partial charge in [0.05, 0.1) is 13.7 Å². The largest absolute Gasteiger partial charge is 0.467 e. The van der Waals surface area contributed by atoms with Crippen molar-refractivity contribution in [2.45, 2.75) is 71.2 Å². The van der Waals surface area contributed by atoms with Gasteiger partial charge in [0.25, 0.3) is 14.2 Å². The first-order chi connectivity index (χ1) is 25.9. The molecule has 292 valence electrons. The molecule has 0 radical (unpaired) electrons. The van der Waals surface area contributed by atoms with Gasteiger partial charge in [-0.1, -0.05) is 81.4 Å². The Morgan fingerprint density at radius 3 is 1.91 bits per heavy atom. The van der Waals surface area contributed by atoms with E-state index in [1.165, 1.54) is 24.9 Å². The summed E-state index contributed by atoms with van der Waals surface area (Å²) in [5, 5.41) is 11.0. The lowest BCUT2D eigenvalue weighted by Gasteiger charge is -2.43. The fourth-order valence-corrected chi connectivity index (χ4v) is 10.9. The average Bonchev–Trinajstić information content (AvgIpc) is 3.63. The van der Waals surface area contributed by atoms with E-state index in [-0.39, 0.29) is 18.2 Å². The molecule has 3 N–H and O–H groups in total. The van der Waals surface area contributed by atoms with Crippen molar-refractivity contribution in [3.63, 3.8) is 0 Å². The van der Waals surface area contributed by atoms with Crippen LogP contribution in [0.1, 0.15) is 59.0 Å². The first-order valence-electron chi connectivity index (χ1n) is 17.3. The highest BCUT2D eigenvalue weighted by molar-refractivity contribution is 7.13. The van der Waals surface area contributed by atoms with Gasteiger partial charge in [0.15, 0.2) is 0 Å². The van der Waals surface area contributed by atoms with E-state index in [1.807, 2.05) is 60.7 Å². The molecule has 0 saturated carbocycles. The zero-order valence-electron chi connectivity index (χ0n) is 32.0. The lowest BCUT2D eigenvalue weighted by atomic mass is 10.2. The average molecular weight is 791 g/mol. The number of aromatic nitrogens is 3. The smallest absolute Gasteiger partial charge is 0.414 e. The minimum Gasteiger partial charge on any atom is -0.467 e. The van der Waals surface area contributed by atoms with Crippen LogP contribution in [0.15, 0.2) is 78.4 Å². The number of anilines is 1. The summed E-state index contributed by atoms with van der Waals surface area (Å²) >= 11 is 1.11. The molecule has 4 aromatic rings. The molecule has 2 atom stereocenters. The fourth-order valence-electron chi connectivity index (χ4n) is 5.58. The number of nitrogens with zero attached hydrogens (tertiary/aromatic N) is 3. The number of amides is 3. The van der Waals surface area contributed by atoms with Crippen LogP contribution < -0.4 is 26.3 Å². The number of rotatable bonds is 14. The van der Waals surface area contributed by atoms with Crippen molar-refractivity contribution < 1.29 is 42.6 Å². The van der Waals surface area contributed by atoms with Gasteiger partial charge in [-0.05, 0) is 36.2 Å². The number of hydrogen-bond acceptors (Lipinski definition) is 13. The zero-order valence-corrected chi connectivity index (χ0v) is 33.8. The Morgan fingerprint density at radius 1 is 0.818 bits per heavy atom. The van der Waals surface area contributed by atoms with E-state index in [1.54, 1.807) is 20.8 Å². The molecule has 4 rings (SSSR count). The molecule has 0 bridgehead atoms. The van der Waals surface area contributed by atoms with E-state index >= 15 is 0 Å². The molecule has 2 aromatic carbocycles. The van der Waals surface area contributed by atoms with Gasteiger partial charge >= 0.3 is 18.0 Å². The van der Waals surface area contributed by atoms with Gasteiger partial charge in [0.2, 0.25) is 11.9 Å². The molecule has 0 fully saturated rings. The van der Waals surface area contributed by atoms with Gasteiger partial charge in [-0.3, -0.25) is 19.7 Å². The third kappa shape index (κ3) is 11.3. The summed E-state index contributed by atoms with van der Waals surface area (Å²) in [5.41, 5.74) is -0.297. The Bertz CT molecular complexity index is 1910. The van der Waals surface area contributed by atoms with Crippen molar-refractivity contribution in [1.29, 1.82) is 0 Å². The molecule has 15 nitrogen and oxygen atoms in total. The van der Waals surface area contributed by atoms with Gasteiger partial charge in [-0.25, -0.2) is 24.5 Å². The molecule has 17 heteroatoms. The lowest BCUT2D eigenvalue weighted by Crippen LogP contribution is -2.68. The van der Waals surface area contributed by atoms with Gasteiger partial charge in [-0.15, -0.1) is 11.3 Å². The monoisotopic (exact) mass is 790 g/mol. The normalized spacial score (nSPS) is 12.8. The summed E-state index contributed by atoms with van der Waals surface area (Å²) in [6, 6.07) is 16.8. The Morgan fingerprint density at radius 2 is 1.40 bits per heavy atom. The maximum Gasteiger partial charge on any atom is 0.414 e. The van der Waals surface area contributed by atoms with E-state index in [0.29, 0.717) is 10.6 Å². The highest BCUT2D eigenvalue weighted by Crippen LogP contribution is 2.37. The number of esters is 2. The van der Waals surface area contributed by atoms with Crippen LogP contribution in [0.2, 0.25) is 5.04 Å². The van der Waals surface area contributed by atoms with Crippen molar-refractivity contribution in [3.05, 3.63) is 84.1 Å². The number of thiazole rings is 1. The van der Waals surface area contributed by atoms with Gasteiger partial charge in [0, 0.05) is 30.3 Å². The van der Waals surface area contributed by atoms with Crippen LogP contribution >= 0.6 is 11.3 Å². The topological polar surface area (TPSA) is 197 Å². The molecule has 0 aliphatic heterocycles. The van der Waals surface area contributed by atoms with Crippen LogP contribution in [0.4, 0.5) is 10.7 Å². The molecular weight excluding hydrogens is 745 g/mol. The fraction of sp³-hybridized carbons (Fsp3) is 0.368. The summed E-state index contributed by atoms with van der Waals surface area (Å²) in [4.78, 5) is 76.8. The third-order valence-electron chi connectivity index (χ3n) is 8.01. The highest BCUT2D eigenvalue weighted by atomic mass is 32.1. The van der Waals surface area contributed by atoms with E-state index < -0.39 is 67.5 Å². The number of ether oxygens (including phenoxy) is 3. The summed E-state index contributed by atoms with van der Waals surface area (Å²) in [6.45, 7) is 11.8. The van der Waals surface area contributed by atoms with Crippen molar-refractivity contribution in [2.24, 2.45) is 0 Å². The number of carbonyl (C=O) groups is 5. The number of nitrogens with one attached hydrogen (secondary N) is 3. The Balaban J connectivity index is 1.53. The highest BCUT2D eigenvalue weighted by Gasteiger charge is 2.51. The standard InChI is InChI=1S/C38H46N6O9SSi/c1-24(45)51-21-28(41-32(47)30-23-54-33(43-30)25-19-39-35(40-20-25)44-36(49)53-37(2,3)4)31(46)42-29(34(48)50-8)22-52-55(38(5,6)7,26-15-11-9-12-16-26)27-17-13-10-14-18-27/h9-20,23,28-29H,21-22H2,1-8H3,(H,41,47)(H,42,46)(H,39,40,44,49)/t28-,29-/m0/s1. The summed E-state index contributed by atoms with van der Waals surface area (Å²) in [6.07, 6.45) is 2.11. The summed E-state index contributed by atoms with van der Waals surface area (Å²) in [7, 11) is -1.94. The van der Waals surface area contributed by atoms with Crippen LogP contribution in [0.25, 0.3) is 10.6 Å². The Labute approximate surface area is 324 Å². The predicted molar refractivity (Wildman–Crippen MR) is 208 cm³/mol. The maximum absolute atomic E-state index is 13.8.